The number of nitrogens with zero attached hydrogens (tertiary/aromatic N) is 3. The molecular weight excluding hydrogens is 602 g/mol. The molecule has 0 radical (unpaired) electrons. The van der Waals surface area contributed by atoms with E-state index in [1.54, 1.807) is 51.1 Å². The minimum atomic E-state index is -1.17. The molecule has 0 aromatic heterocycles. The Morgan fingerprint density at radius 1 is 1.13 bits per heavy atom. The number of primary amides is 1. The van der Waals surface area contributed by atoms with Crippen molar-refractivity contribution in [1.29, 1.82) is 0 Å². The van der Waals surface area contributed by atoms with E-state index in [2.05, 4.69) is 10.3 Å². The smallest absolute Gasteiger partial charge is 0.407 e. The second kappa shape index (κ2) is 14.8. The lowest BCUT2D eigenvalue weighted by Gasteiger charge is -2.34. The van der Waals surface area contributed by atoms with Crippen LogP contribution in [0.1, 0.15) is 46.1 Å². The summed E-state index contributed by atoms with van der Waals surface area (Å²) in [6.07, 6.45) is 0.705. The molecule has 14 heteroatoms. The maximum absolute atomic E-state index is 14.1. The molecular formula is C31H39N5O8S. The molecule has 1 aliphatic heterocycles. The summed E-state index contributed by atoms with van der Waals surface area (Å²) in [5.41, 5.74) is 5.70. The van der Waals surface area contributed by atoms with Crippen LogP contribution in [-0.4, -0.2) is 87.4 Å². The Balaban J connectivity index is 2.10. The summed E-state index contributed by atoms with van der Waals surface area (Å²) in [6, 6.07) is 9.72. The number of amidine groups is 1. The Bertz CT molecular complexity index is 1460. The van der Waals surface area contributed by atoms with Crippen molar-refractivity contribution in [3.63, 3.8) is 0 Å². The Morgan fingerprint density at radius 3 is 2.24 bits per heavy atom. The minimum absolute atomic E-state index is 0.0470. The van der Waals surface area contributed by atoms with Gasteiger partial charge in [-0.2, -0.15) is 0 Å². The Hall–Kier alpha value is -4.72. The summed E-state index contributed by atoms with van der Waals surface area (Å²) in [5, 5.41) is 22.9. The average Bonchev–Trinajstić information content (AvgIpc) is 3.26. The molecule has 0 saturated carbocycles. The van der Waals surface area contributed by atoms with Crippen LogP contribution < -0.4 is 20.5 Å². The zero-order valence-electron chi connectivity index (χ0n) is 26.1. The molecule has 5 N–H and O–H groups in total. The lowest BCUT2D eigenvalue weighted by molar-refractivity contribution is -0.134. The Labute approximate surface area is 266 Å². The standard InChI is InChI=1S/C31H39N5O8S/c1-18(26(32)38)33-27(39)21(13-10-14-35(30(41)42)31(2,3)4)36-28(40)24(45-29(36)34-20-11-8-7-9-12-20)17-19-15-22(43-5)25(37)23(16-19)44-6/h7-9,11-12,15-18,21,37H,10,13-14H2,1-6H3,(H2,32,38)(H,33,39)(H,41,42)/b24-17-,34-29?/t18-,21-/m0/s1. The lowest BCUT2D eigenvalue weighted by Crippen LogP contribution is -2.53. The number of rotatable bonds is 12. The van der Waals surface area contributed by atoms with Crippen LogP contribution in [0, 0.1) is 0 Å². The number of nitrogens with one attached hydrogen (secondary N) is 1. The van der Waals surface area contributed by atoms with Gasteiger partial charge in [-0.1, -0.05) is 18.2 Å². The fourth-order valence-electron chi connectivity index (χ4n) is 4.52. The number of phenols is 1. The van der Waals surface area contributed by atoms with Crippen molar-refractivity contribution in [1.82, 2.24) is 15.1 Å². The SMILES string of the molecule is COc1cc(/C=C2\SC(=Nc3ccccc3)N([C@@H](CCCN(C(=O)O)C(C)(C)C)C(=O)N[C@@H](C)C(N)=O)C2=O)cc(OC)c1O. The van der Waals surface area contributed by atoms with Crippen molar-refractivity contribution in [3.8, 4) is 17.2 Å². The van der Waals surface area contributed by atoms with E-state index in [0.717, 1.165) is 11.8 Å². The number of nitrogens with two attached hydrogens (primary N) is 1. The number of hydrogen-bond acceptors (Lipinski definition) is 9. The van der Waals surface area contributed by atoms with Crippen LogP contribution in [0.4, 0.5) is 10.5 Å². The van der Waals surface area contributed by atoms with Gasteiger partial charge in [0.15, 0.2) is 16.7 Å². The van der Waals surface area contributed by atoms with Crippen molar-refractivity contribution in [2.75, 3.05) is 20.8 Å². The quantitative estimate of drug-likeness (QED) is 0.249. The van der Waals surface area contributed by atoms with Crippen LogP contribution >= 0.6 is 11.8 Å². The van der Waals surface area contributed by atoms with Gasteiger partial charge in [0.25, 0.3) is 5.91 Å². The molecule has 1 aliphatic rings. The first-order valence-corrected chi connectivity index (χ1v) is 14.9. The number of carbonyl (C=O) groups is 4. The number of carboxylic acid groups (broad SMARTS) is 1. The molecule has 4 amide bonds. The van der Waals surface area contributed by atoms with Gasteiger partial charge in [-0.25, -0.2) is 9.79 Å². The molecule has 1 saturated heterocycles. The zero-order valence-corrected chi connectivity index (χ0v) is 26.9. The third kappa shape index (κ3) is 8.69. The van der Waals surface area contributed by atoms with Crippen molar-refractivity contribution in [2.45, 2.75) is 58.2 Å². The van der Waals surface area contributed by atoms with Gasteiger partial charge in [-0.05, 0) is 88.2 Å². The fourth-order valence-corrected chi connectivity index (χ4v) is 5.56. The number of para-hydroxylation sites is 1. The molecule has 0 bridgehead atoms. The van der Waals surface area contributed by atoms with Gasteiger partial charge in [0.05, 0.1) is 24.8 Å². The van der Waals surface area contributed by atoms with E-state index in [9.17, 15) is 29.4 Å². The number of methoxy groups -OCH3 is 2. The molecule has 1 fully saturated rings. The van der Waals surface area contributed by atoms with Gasteiger partial charge in [0, 0.05) is 12.1 Å². The minimum Gasteiger partial charge on any atom is -0.502 e. The van der Waals surface area contributed by atoms with E-state index in [1.807, 2.05) is 6.07 Å². The Morgan fingerprint density at radius 2 is 1.73 bits per heavy atom. The molecule has 13 nitrogen and oxygen atoms in total. The third-order valence-corrected chi connectivity index (χ3v) is 7.90. The normalized spacial score (nSPS) is 16.4. The molecule has 0 aliphatic carbocycles. The molecule has 0 unspecified atom stereocenters. The first-order valence-electron chi connectivity index (χ1n) is 14.1. The highest BCUT2D eigenvalue weighted by atomic mass is 32.2. The van der Waals surface area contributed by atoms with Crippen LogP contribution in [0.5, 0.6) is 17.2 Å². The summed E-state index contributed by atoms with van der Waals surface area (Å²) in [5.74, 6) is -1.90. The number of phenolic OH excluding ortho intramolecular Hbond substituents is 1. The molecule has 2 aromatic rings. The fraction of sp³-hybridized carbons (Fsp3) is 0.387. The molecule has 242 valence electrons. The van der Waals surface area contributed by atoms with Gasteiger partial charge in [-0.15, -0.1) is 0 Å². The number of aromatic hydroxyl groups is 1. The summed E-state index contributed by atoms with van der Waals surface area (Å²) >= 11 is 1.03. The number of ether oxygens (including phenoxy) is 2. The lowest BCUT2D eigenvalue weighted by atomic mass is 10.0. The van der Waals surface area contributed by atoms with Crippen molar-refractivity contribution in [3.05, 3.63) is 52.9 Å². The van der Waals surface area contributed by atoms with Crippen molar-refractivity contribution >= 4 is 52.5 Å². The number of hydrogen-bond donors (Lipinski definition) is 4. The monoisotopic (exact) mass is 641 g/mol. The van der Waals surface area contributed by atoms with Crippen LogP contribution in [0.15, 0.2) is 52.4 Å². The summed E-state index contributed by atoms with van der Waals surface area (Å²) in [6.45, 7) is 6.80. The summed E-state index contributed by atoms with van der Waals surface area (Å²) < 4.78 is 10.5. The van der Waals surface area contributed by atoms with E-state index in [1.165, 1.54) is 43.1 Å². The van der Waals surface area contributed by atoms with E-state index in [-0.39, 0.29) is 46.7 Å². The zero-order chi connectivity index (χ0) is 33.5. The second-order valence-corrected chi connectivity index (χ2v) is 12.2. The van der Waals surface area contributed by atoms with E-state index in [0.29, 0.717) is 11.3 Å². The van der Waals surface area contributed by atoms with Crippen LogP contribution in [-0.2, 0) is 14.4 Å². The number of amides is 4. The summed E-state index contributed by atoms with van der Waals surface area (Å²) in [4.78, 5) is 58.9. The van der Waals surface area contributed by atoms with Gasteiger partial charge >= 0.3 is 6.09 Å². The predicted octanol–water partition coefficient (Wildman–Crippen LogP) is 3.93. The van der Waals surface area contributed by atoms with Gasteiger partial charge in [0.1, 0.15) is 12.1 Å². The molecule has 2 aromatic carbocycles. The highest BCUT2D eigenvalue weighted by Gasteiger charge is 2.42. The number of carbonyl (C=O) groups excluding carboxylic acids is 3. The van der Waals surface area contributed by atoms with Crippen molar-refractivity contribution < 1.29 is 38.9 Å². The number of benzene rings is 2. The van der Waals surface area contributed by atoms with E-state index >= 15 is 0 Å². The predicted molar refractivity (Wildman–Crippen MR) is 171 cm³/mol. The first-order chi connectivity index (χ1) is 21.2. The average molecular weight is 642 g/mol. The van der Waals surface area contributed by atoms with Crippen LogP contribution in [0.2, 0.25) is 0 Å². The number of aliphatic imine (C=N–C) groups is 1. The van der Waals surface area contributed by atoms with Gasteiger partial charge in [-0.3, -0.25) is 19.3 Å². The highest BCUT2D eigenvalue weighted by Crippen LogP contribution is 2.40. The van der Waals surface area contributed by atoms with Crippen LogP contribution in [0.3, 0.4) is 0 Å². The first kappa shape index (κ1) is 34.8. The molecule has 0 spiro atoms. The van der Waals surface area contributed by atoms with Gasteiger partial charge < -0.3 is 35.6 Å². The van der Waals surface area contributed by atoms with Gasteiger partial charge in [0.2, 0.25) is 17.6 Å². The summed E-state index contributed by atoms with van der Waals surface area (Å²) in [7, 11) is 2.77. The maximum Gasteiger partial charge on any atom is 0.407 e. The number of thioether (sulfide) groups is 1. The topological polar surface area (TPSA) is 184 Å². The molecule has 1 heterocycles. The highest BCUT2D eigenvalue weighted by molar-refractivity contribution is 8.18. The molecule has 45 heavy (non-hydrogen) atoms. The Kier molecular flexibility index (Phi) is 11.5. The van der Waals surface area contributed by atoms with Crippen LogP contribution in [0.25, 0.3) is 6.08 Å². The van der Waals surface area contributed by atoms with E-state index < -0.39 is 41.4 Å². The molecule has 2 atom stereocenters. The largest absolute Gasteiger partial charge is 0.502 e. The third-order valence-electron chi connectivity index (χ3n) is 6.92. The van der Waals surface area contributed by atoms with E-state index in [4.69, 9.17) is 15.2 Å². The van der Waals surface area contributed by atoms with Crippen molar-refractivity contribution in [2.24, 2.45) is 10.7 Å². The maximum atomic E-state index is 14.1. The second-order valence-electron chi connectivity index (χ2n) is 11.2. The molecule has 3 rings (SSSR count).